The summed E-state index contributed by atoms with van der Waals surface area (Å²) < 4.78 is 18.3. The zero-order valence-corrected chi connectivity index (χ0v) is 13.1. The van der Waals surface area contributed by atoms with Crippen molar-refractivity contribution in [3.8, 4) is 5.75 Å². The van der Waals surface area contributed by atoms with Crippen LogP contribution in [0, 0.1) is 5.82 Å². The fraction of sp³-hybridized carbons (Fsp3) is 0.375. The molecule has 2 rings (SSSR count). The van der Waals surface area contributed by atoms with E-state index in [1.807, 2.05) is 0 Å². The third-order valence-corrected chi connectivity index (χ3v) is 4.53. The maximum atomic E-state index is 13.3. The zero-order valence-electron chi connectivity index (χ0n) is 12.3. The number of benzene rings is 1. The van der Waals surface area contributed by atoms with Gasteiger partial charge in [0.25, 0.3) is 0 Å². The Morgan fingerprint density at radius 1 is 1.20 bits per heavy atom. The molecule has 0 aliphatic rings. The Hall–Kier alpha value is -1.55. The summed E-state index contributed by atoms with van der Waals surface area (Å²) >= 11 is 1.80. The summed E-state index contributed by atoms with van der Waals surface area (Å²) in [4.78, 5) is 2.63. The Balaban J connectivity index is 2.04. The molecule has 0 unspecified atom stereocenters. The van der Waals surface area contributed by atoms with E-state index in [9.17, 15) is 4.39 Å². The molecule has 0 atom stereocenters. The van der Waals surface area contributed by atoms with Crippen molar-refractivity contribution in [1.82, 2.24) is 0 Å². The predicted molar refractivity (Wildman–Crippen MR) is 83.3 cm³/mol. The molecule has 2 aromatic rings. The summed E-state index contributed by atoms with van der Waals surface area (Å²) in [6, 6.07) is 9.12. The number of ether oxygens (including phenoxy) is 1. The van der Waals surface area contributed by atoms with E-state index in [1.54, 1.807) is 23.5 Å². The number of thiophene rings is 1. The molecule has 0 saturated heterocycles. The molecule has 108 valence electrons. The average Bonchev–Trinajstić information content (AvgIpc) is 2.86. The molecule has 0 spiro atoms. The number of methoxy groups -OCH3 is 1. The van der Waals surface area contributed by atoms with E-state index in [4.69, 9.17) is 4.74 Å². The van der Waals surface area contributed by atoms with Crippen LogP contribution < -0.4 is 10.1 Å². The van der Waals surface area contributed by atoms with E-state index in [-0.39, 0.29) is 17.0 Å². The van der Waals surface area contributed by atoms with Gasteiger partial charge in [0.05, 0.1) is 7.11 Å². The predicted octanol–water partition coefficient (Wildman–Crippen LogP) is 4.81. The standard InChI is InChI=1S/C16H20FNOS/c1-16(2,3)15-8-6-12(20-15)10-18-11-5-7-13(17)14(9-11)19-4/h5-9,18H,10H2,1-4H3. The first-order valence-electron chi connectivity index (χ1n) is 6.57. The topological polar surface area (TPSA) is 21.3 Å². The van der Waals surface area contributed by atoms with Crippen molar-refractivity contribution in [2.24, 2.45) is 0 Å². The molecule has 0 bridgehead atoms. The molecule has 0 radical (unpaired) electrons. The summed E-state index contributed by atoms with van der Waals surface area (Å²) in [5.41, 5.74) is 1.04. The second kappa shape index (κ2) is 5.83. The number of anilines is 1. The van der Waals surface area contributed by atoms with E-state index in [0.29, 0.717) is 0 Å². The Morgan fingerprint density at radius 2 is 1.95 bits per heavy atom. The van der Waals surface area contributed by atoms with Crippen molar-refractivity contribution >= 4 is 17.0 Å². The average molecular weight is 293 g/mol. The molecule has 1 aromatic carbocycles. The van der Waals surface area contributed by atoms with Crippen LogP contribution >= 0.6 is 11.3 Å². The van der Waals surface area contributed by atoms with Crippen LogP contribution in [-0.4, -0.2) is 7.11 Å². The van der Waals surface area contributed by atoms with Gasteiger partial charge in [-0.1, -0.05) is 20.8 Å². The molecule has 0 aliphatic carbocycles. The van der Waals surface area contributed by atoms with E-state index in [1.165, 1.54) is 22.9 Å². The minimum Gasteiger partial charge on any atom is -0.494 e. The number of halogens is 1. The molecule has 1 N–H and O–H groups in total. The van der Waals surface area contributed by atoms with E-state index >= 15 is 0 Å². The third kappa shape index (κ3) is 3.51. The van der Waals surface area contributed by atoms with Crippen LogP contribution in [0.15, 0.2) is 30.3 Å². The largest absolute Gasteiger partial charge is 0.494 e. The van der Waals surface area contributed by atoms with Crippen molar-refractivity contribution in [1.29, 1.82) is 0 Å². The Labute approximate surface area is 123 Å². The summed E-state index contributed by atoms with van der Waals surface area (Å²) in [7, 11) is 1.47. The first-order valence-corrected chi connectivity index (χ1v) is 7.38. The van der Waals surface area contributed by atoms with Crippen LogP contribution in [0.4, 0.5) is 10.1 Å². The highest BCUT2D eigenvalue weighted by Crippen LogP contribution is 2.30. The van der Waals surface area contributed by atoms with Gasteiger partial charge >= 0.3 is 0 Å². The maximum Gasteiger partial charge on any atom is 0.165 e. The van der Waals surface area contributed by atoms with Crippen LogP contribution in [0.25, 0.3) is 0 Å². The van der Waals surface area contributed by atoms with Crippen molar-refractivity contribution in [3.63, 3.8) is 0 Å². The van der Waals surface area contributed by atoms with Gasteiger partial charge in [-0.05, 0) is 29.7 Å². The highest BCUT2D eigenvalue weighted by Gasteiger charge is 2.15. The number of rotatable bonds is 4. The molecule has 20 heavy (non-hydrogen) atoms. The van der Waals surface area contributed by atoms with Crippen molar-refractivity contribution in [3.05, 3.63) is 45.9 Å². The molecule has 4 heteroatoms. The lowest BCUT2D eigenvalue weighted by Gasteiger charge is -2.15. The van der Waals surface area contributed by atoms with Crippen LogP contribution in [0.2, 0.25) is 0 Å². The molecule has 0 fully saturated rings. The molecular weight excluding hydrogens is 273 g/mol. The van der Waals surface area contributed by atoms with E-state index in [2.05, 4.69) is 38.2 Å². The fourth-order valence-corrected chi connectivity index (χ4v) is 2.84. The Kier molecular flexibility index (Phi) is 4.33. The second-order valence-corrected chi connectivity index (χ2v) is 6.89. The smallest absolute Gasteiger partial charge is 0.165 e. The fourth-order valence-electron chi connectivity index (χ4n) is 1.83. The first kappa shape index (κ1) is 14.9. The third-order valence-electron chi connectivity index (χ3n) is 3.02. The minimum atomic E-state index is -0.343. The highest BCUT2D eigenvalue weighted by atomic mass is 32.1. The molecule has 0 amide bonds. The summed E-state index contributed by atoms with van der Waals surface area (Å²) in [5, 5.41) is 3.29. The zero-order chi connectivity index (χ0) is 14.8. The van der Waals surface area contributed by atoms with Crippen LogP contribution in [0.5, 0.6) is 5.75 Å². The molecular formula is C16H20FNOS. The number of hydrogen-bond acceptors (Lipinski definition) is 3. The van der Waals surface area contributed by atoms with Gasteiger partial charge in [-0.2, -0.15) is 0 Å². The highest BCUT2D eigenvalue weighted by molar-refractivity contribution is 7.12. The molecule has 0 aliphatic heterocycles. The molecule has 1 aromatic heterocycles. The van der Waals surface area contributed by atoms with Crippen LogP contribution in [0.1, 0.15) is 30.5 Å². The summed E-state index contributed by atoms with van der Waals surface area (Å²) in [6.45, 7) is 7.36. The minimum absolute atomic E-state index is 0.183. The SMILES string of the molecule is COc1cc(NCc2ccc(C(C)(C)C)s2)ccc1F. The summed E-state index contributed by atoms with van der Waals surface area (Å²) in [5.74, 6) is -0.0826. The van der Waals surface area contributed by atoms with Gasteiger partial charge in [0.1, 0.15) is 0 Å². The first-order chi connectivity index (χ1) is 9.40. The van der Waals surface area contributed by atoms with Gasteiger partial charge in [-0.3, -0.25) is 0 Å². The van der Waals surface area contributed by atoms with Gasteiger partial charge in [0.2, 0.25) is 0 Å². The molecule has 2 nitrogen and oxygen atoms in total. The van der Waals surface area contributed by atoms with Crippen LogP contribution in [-0.2, 0) is 12.0 Å². The normalized spacial score (nSPS) is 11.4. The van der Waals surface area contributed by atoms with Crippen LogP contribution in [0.3, 0.4) is 0 Å². The van der Waals surface area contributed by atoms with E-state index in [0.717, 1.165) is 12.2 Å². The Morgan fingerprint density at radius 3 is 2.55 bits per heavy atom. The lowest BCUT2D eigenvalue weighted by molar-refractivity contribution is 0.387. The van der Waals surface area contributed by atoms with Gasteiger partial charge < -0.3 is 10.1 Å². The van der Waals surface area contributed by atoms with Gasteiger partial charge in [0, 0.05) is 28.1 Å². The maximum absolute atomic E-state index is 13.3. The van der Waals surface area contributed by atoms with Gasteiger partial charge in [-0.15, -0.1) is 11.3 Å². The van der Waals surface area contributed by atoms with Crippen molar-refractivity contribution in [2.45, 2.75) is 32.7 Å². The van der Waals surface area contributed by atoms with Gasteiger partial charge in [0.15, 0.2) is 11.6 Å². The quantitative estimate of drug-likeness (QED) is 0.874. The van der Waals surface area contributed by atoms with Gasteiger partial charge in [-0.25, -0.2) is 4.39 Å². The number of nitrogens with one attached hydrogen (secondary N) is 1. The number of hydrogen-bond donors (Lipinski definition) is 1. The van der Waals surface area contributed by atoms with E-state index < -0.39 is 0 Å². The second-order valence-electron chi connectivity index (χ2n) is 5.72. The monoisotopic (exact) mass is 293 g/mol. The molecule has 0 saturated carbocycles. The van der Waals surface area contributed by atoms with Crippen molar-refractivity contribution < 1.29 is 9.13 Å². The lowest BCUT2D eigenvalue weighted by atomic mass is 9.95. The molecule has 1 heterocycles. The lowest BCUT2D eigenvalue weighted by Crippen LogP contribution is -2.07. The van der Waals surface area contributed by atoms with Crippen molar-refractivity contribution in [2.75, 3.05) is 12.4 Å². The Bertz CT molecular complexity index is 586. The summed E-state index contributed by atoms with van der Waals surface area (Å²) in [6.07, 6.45) is 0.